The van der Waals surface area contributed by atoms with Crippen molar-refractivity contribution in [2.45, 2.75) is 12.7 Å². The Labute approximate surface area is 238 Å². The van der Waals surface area contributed by atoms with Crippen LogP contribution in [0, 0.1) is 0 Å². The Hall–Kier alpha value is -5.39. The first-order valence-corrected chi connectivity index (χ1v) is 13.1. The second-order valence-electron chi connectivity index (χ2n) is 9.37. The summed E-state index contributed by atoms with van der Waals surface area (Å²) >= 11 is 0. The molecular weight excluding hydrogens is 545 g/mol. The Kier molecular flexibility index (Phi) is 7.41. The second-order valence-corrected chi connectivity index (χ2v) is 9.37. The van der Waals surface area contributed by atoms with Crippen molar-refractivity contribution >= 4 is 28.6 Å². The van der Waals surface area contributed by atoms with Crippen molar-refractivity contribution in [3.05, 3.63) is 115 Å². The molecule has 0 aliphatic rings. The van der Waals surface area contributed by atoms with E-state index in [1.807, 2.05) is 65.4 Å². The molecule has 3 aromatic carbocycles. The minimum Gasteiger partial charge on any atom is -0.492 e. The van der Waals surface area contributed by atoms with Gasteiger partial charge in [-0.05, 0) is 54.1 Å². The number of hydrogen-bond acceptors (Lipinski definition) is 7. The fourth-order valence-electron chi connectivity index (χ4n) is 4.35. The van der Waals surface area contributed by atoms with Crippen LogP contribution in [0.5, 0.6) is 5.75 Å². The largest absolute Gasteiger partial charge is 0.492 e. The molecule has 0 aliphatic heterocycles. The first-order chi connectivity index (χ1) is 20.4. The standard InChI is InChI=1S/C30H25F3N8O/c31-30(32,33)22-8-6-21(7-9-22)18-41-20-36-26-27(35-15-17-42-25-4-2-1-3-5-25)38-29(39-28(26)41)37-23-10-12-24(13-11-23)40-16-14-34-19-40/h1-14,16,19-20H,15,17-18H2,(H2,35,37,38,39). The van der Waals surface area contributed by atoms with Gasteiger partial charge >= 0.3 is 6.18 Å². The third kappa shape index (κ3) is 6.17. The third-order valence-electron chi connectivity index (χ3n) is 6.43. The zero-order valence-electron chi connectivity index (χ0n) is 22.2. The van der Waals surface area contributed by atoms with Crippen LogP contribution < -0.4 is 15.4 Å². The molecule has 212 valence electrons. The predicted molar refractivity (Wildman–Crippen MR) is 153 cm³/mol. The van der Waals surface area contributed by atoms with Gasteiger partial charge < -0.3 is 24.5 Å². The van der Waals surface area contributed by atoms with E-state index in [9.17, 15) is 13.2 Å². The van der Waals surface area contributed by atoms with Gasteiger partial charge in [0.05, 0.1) is 31.3 Å². The zero-order chi connectivity index (χ0) is 28.9. The molecule has 3 aromatic heterocycles. The summed E-state index contributed by atoms with van der Waals surface area (Å²) in [6.45, 7) is 1.12. The number of hydrogen-bond donors (Lipinski definition) is 2. The van der Waals surface area contributed by atoms with Crippen molar-refractivity contribution in [3.63, 3.8) is 0 Å². The van der Waals surface area contributed by atoms with Crippen molar-refractivity contribution in [2.75, 3.05) is 23.8 Å². The van der Waals surface area contributed by atoms with E-state index in [0.717, 1.165) is 29.3 Å². The normalized spacial score (nSPS) is 11.5. The highest BCUT2D eigenvalue weighted by Gasteiger charge is 2.30. The van der Waals surface area contributed by atoms with Crippen molar-refractivity contribution in [2.24, 2.45) is 0 Å². The molecule has 0 radical (unpaired) electrons. The molecule has 0 saturated carbocycles. The number of benzene rings is 3. The SMILES string of the molecule is FC(F)(F)c1ccc(Cn2cnc3c(NCCOc4ccccc4)nc(Nc4ccc(-n5ccnc5)cc4)nc32)cc1. The molecule has 2 N–H and O–H groups in total. The van der Waals surface area contributed by atoms with Crippen LogP contribution in [-0.4, -0.2) is 42.2 Å². The summed E-state index contributed by atoms with van der Waals surface area (Å²) < 4.78 is 48.6. The van der Waals surface area contributed by atoms with Crippen LogP contribution >= 0.6 is 0 Å². The Morgan fingerprint density at radius 1 is 0.857 bits per heavy atom. The molecule has 12 heteroatoms. The number of para-hydroxylation sites is 1. The topological polar surface area (TPSA) is 94.7 Å². The Morgan fingerprint density at radius 2 is 1.64 bits per heavy atom. The molecular formula is C30H25F3N8O. The number of nitrogens with zero attached hydrogens (tertiary/aromatic N) is 6. The van der Waals surface area contributed by atoms with E-state index in [2.05, 4.69) is 25.6 Å². The van der Waals surface area contributed by atoms with E-state index in [1.165, 1.54) is 12.1 Å². The van der Waals surface area contributed by atoms with Gasteiger partial charge in [0.25, 0.3) is 0 Å². The summed E-state index contributed by atoms with van der Waals surface area (Å²) in [4.78, 5) is 18.0. The second kappa shape index (κ2) is 11.6. The Bertz CT molecular complexity index is 1750. The highest BCUT2D eigenvalue weighted by Crippen LogP contribution is 2.30. The monoisotopic (exact) mass is 570 g/mol. The van der Waals surface area contributed by atoms with E-state index in [4.69, 9.17) is 9.72 Å². The van der Waals surface area contributed by atoms with Gasteiger partial charge in [0.15, 0.2) is 17.0 Å². The fourth-order valence-corrected chi connectivity index (χ4v) is 4.35. The van der Waals surface area contributed by atoms with E-state index in [1.54, 1.807) is 23.4 Å². The first kappa shape index (κ1) is 26.8. The molecule has 0 aliphatic carbocycles. The van der Waals surface area contributed by atoms with Crippen molar-refractivity contribution in [1.29, 1.82) is 0 Å². The Balaban J connectivity index is 1.26. The average Bonchev–Trinajstić information content (AvgIpc) is 3.67. The molecule has 6 aromatic rings. The van der Waals surface area contributed by atoms with Crippen LogP contribution in [0.3, 0.4) is 0 Å². The number of fused-ring (bicyclic) bond motifs is 1. The molecule has 0 atom stereocenters. The molecule has 0 fully saturated rings. The van der Waals surface area contributed by atoms with Crippen LogP contribution in [0.2, 0.25) is 0 Å². The van der Waals surface area contributed by atoms with Crippen molar-refractivity contribution in [1.82, 2.24) is 29.1 Å². The predicted octanol–water partition coefficient (Wildman–Crippen LogP) is 6.31. The molecule has 3 heterocycles. The summed E-state index contributed by atoms with van der Waals surface area (Å²) in [6, 6.07) is 22.2. The van der Waals surface area contributed by atoms with E-state index in [0.29, 0.717) is 41.6 Å². The van der Waals surface area contributed by atoms with Crippen LogP contribution in [0.1, 0.15) is 11.1 Å². The number of anilines is 3. The molecule has 0 bridgehead atoms. The molecule has 0 amide bonds. The van der Waals surface area contributed by atoms with Crippen LogP contribution in [0.25, 0.3) is 16.9 Å². The lowest BCUT2D eigenvalue weighted by Gasteiger charge is -2.12. The number of aromatic nitrogens is 6. The summed E-state index contributed by atoms with van der Waals surface area (Å²) in [6.07, 6.45) is 2.50. The number of alkyl halides is 3. The minimum absolute atomic E-state index is 0.279. The maximum atomic E-state index is 13.0. The van der Waals surface area contributed by atoms with Crippen molar-refractivity contribution < 1.29 is 17.9 Å². The maximum Gasteiger partial charge on any atom is 0.416 e. The van der Waals surface area contributed by atoms with E-state index >= 15 is 0 Å². The van der Waals surface area contributed by atoms with E-state index in [-0.39, 0.29) is 6.54 Å². The highest BCUT2D eigenvalue weighted by atomic mass is 19.4. The van der Waals surface area contributed by atoms with Gasteiger partial charge in [-0.15, -0.1) is 0 Å². The summed E-state index contributed by atoms with van der Waals surface area (Å²) in [7, 11) is 0. The van der Waals surface area contributed by atoms with E-state index < -0.39 is 11.7 Å². The average molecular weight is 571 g/mol. The molecule has 0 saturated heterocycles. The van der Waals surface area contributed by atoms with Gasteiger partial charge in [0.1, 0.15) is 12.4 Å². The Morgan fingerprint density at radius 3 is 2.36 bits per heavy atom. The van der Waals surface area contributed by atoms with Gasteiger partial charge in [-0.1, -0.05) is 30.3 Å². The number of rotatable bonds is 10. The lowest BCUT2D eigenvalue weighted by Crippen LogP contribution is -2.14. The number of ether oxygens (including phenoxy) is 1. The van der Waals surface area contributed by atoms with Gasteiger partial charge in [-0.3, -0.25) is 0 Å². The van der Waals surface area contributed by atoms with Crippen LogP contribution in [0.15, 0.2) is 104 Å². The van der Waals surface area contributed by atoms with Crippen LogP contribution in [0.4, 0.5) is 30.6 Å². The number of nitrogens with one attached hydrogen (secondary N) is 2. The third-order valence-corrected chi connectivity index (χ3v) is 6.43. The first-order valence-electron chi connectivity index (χ1n) is 13.1. The number of imidazole rings is 2. The summed E-state index contributed by atoms with van der Waals surface area (Å²) in [5.74, 6) is 1.59. The molecule has 0 unspecified atom stereocenters. The molecule has 42 heavy (non-hydrogen) atoms. The summed E-state index contributed by atoms with van der Waals surface area (Å²) in [5.41, 5.74) is 2.75. The van der Waals surface area contributed by atoms with Gasteiger partial charge in [-0.25, -0.2) is 9.97 Å². The smallest absolute Gasteiger partial charge is 0.416 e. The van der Waals surface area contributed by atoms with Crippen molar-refractivity contribution in [3.8, 4) is 11.4 Å². The molecule has 6 rings (SSSR count). The summed E-state index contributed by atoms with van der Waals surface area (Å²) in [5, 5.41) is 6.53. The minimum atomic E-state index is -4.39. The maximum absolute atomic E-state index is 13.0. The highest BCUT2D eigenvalue weighted by molar-refractivity contribution is 5.84. The number of halogens is 3. The van der Waals surface area contributed by atoms with Crippen LogP contribution in [-0.2, 0) is 12.7 Å². The quantitative estimate of drug-likeness (QED) is 0.186. The zero-order valence-corrected chi connectivity index (χ0v) is 22.2. The van der Waals surface area contributed by atoms with Gasteiger partial charge in [0, 0.05) is 23.8 Å². The lowest BCUT2D eigenvalue weighted by molar-refractivity contribution is -0.137. The molecule has 0 spiro atoms. The lowest BCUT2D eigenvalue weighted by atomic mass is 10.1. The molecule has 9 nitrogen and oxygen atoms in total. The van der Waals surface area contributed by atoms with Gasteiger partial charge in [0.2, 0.25) is 5.95 Å². The van der Waals surface area contributed by atoms with Gasteiger partial charge in [-0.2, -0.15) is 23.1 Å². The fraction of sp³-hybridized carbons (Fsp3) is 0.133.